The molecular weight excluding hydrogens is 200 g/mol. The Bertz CT molecular complexity index is 326. The minimum absolute atomic E-state index is 0.231. The van der Waals surface area contributed by atoms with Crippen LogP contribution >= 0.6 is 11.6 Å². The van der Waals surface area contributed by atoms with E-state index in [9.17, 15) is 0 Å². The number of nitrogens with zero attached hydrogens (tertiary/aromatic N) is 3. The predicted molar refractivity (Wildman–Crippen MR) is 54.9 cm³/mol. The van der Waals surface area contributed by atoms with E-state index in [0.717, 1.165) is 0 Å². The Morgan fingerprint density at radius 1 is 1.71 bits per heavy atom. The van der Waals surface area contributed by atoms with Crippen LogP contribution in [0.4, 0.5) is 0 Å². The second-order valence-electron chi connectivity index (χ2n) is 3.38. The average Bonchev–Trinajstić information content (AvgIpc) is 2.49. The van der Waals surface area contributed by atoms with Crippen molar-refractivity contribution in [2.45, 2.75) is 32.5 Å². The molecule has 5 heteroatoms. The highest BCUT2D eigenvalue weighted by Crippen LogP contribution is 2.05. The van der Waals surface area contributed by atoms with E-state index in [2.05, 4.69) is 16.5 Å². The molecule has 0 bridgehead atoms. The Kier molecular flexibility index (Phi) is 3.93. The quantitative estimate of drug-likeness (QED) is 0.822. The lowest BCUT2D eigenvalue weighted by Crippen LogP contribution is -2.36. The summed E-state index contributed by atoms with van der Waals surface area (Å²) in [4.78, 5) is 0. The molecular formula is C9H13ClN4. The molecule has 0 saturated heterocycles. The fourth-order valence-corrected chi connectivity index (χ4v) is 1.31. The summed E-state index contributed by atoms with van der Waals surface area (Å²) >= 11 is 5.71. The van der Waals surface area contributed by atoms with E-state index in [-0.39, 0.29) is 12.1 Å². The average molecular weight is 213 g/mol. The fraction of sp³-hybridized carbons (Fsp3) is 0.556. The highest BCUT2D eigenvalue weighted by atomic mass is 35.5. The molecule has 1 N–H and O–H groups in total. The van der Waals surface area contributed by atoms with E-state index < -0.39 is 0 Å². The van der Waals surface area contributed by atoms with Gasteiger partial charge in [-0.15, -0.1) is 0 Å². The number of nitriles is 1. The first-order chi connectivity index (χ1) is 6.61. The smallest absolute Gasteiger partial charge is 0.115 e. The van der Waals surface area contributed by atoms with Crippen molar-refractivity contribution in [1.82, 2.24) is 15.1 Å². The molecule has 1 aromatic heterocycles. The Morgan fingerprint density at radius 2 is 2.43 bits per heavy atom. The molecule has 0 aromatic carbocycles. The second-order valence-corrected chi connectivity index (χ2v) is 3.82. The molecule has 0 aliphatic rings. The van der Waals surface area contributed by atoms with Gasteiger partial charge in [0.15, 0.2) is 0 Å². The van der Waals surface area contributed by atoms with Crippen LogP contribution in [-0.4, -0.2) is 21.9 Å². The van der Waals surface area contributed by atoms with Gasteiger partial charge in [-0.2, -0.15) is 10.4 Å². The summed E-state index contributed by atoms with van der Waals surface area (Å²) < 4.78 is 1.66. The van der Waals surface area contributed by atoms with E-state index in [1.807, 2.05) is 13.8 Å². The Hall–Kier alpha value is -1.05. The van der Waals surface area contributed by atoms with Gasteiger partial charge < -0.3 is 0 Å². The van der Waals surface area contributed by atoms with Crippen LogP contribution < -0.4 is 5.32 Å². The first-order valence-electron chi connectivity index (χ1n) is 4.45. The van der Waals surface area contributed by atoms with Gasteiger partial charge in [0.1, 0.15) is 6.04 Å². The molecule has 0 fully saturated rings. The molecule has 0 aliphatic heterocycles. The SMILES string of the molecule is CC(C)NC(C#N)Cn1cc(Cl)cn1. The van der Waals surface area contributed by atoms with Crippen molar-refractivity contribution in [3.8, 4) is 6.07 Å². The zero-order valence-electron chi connectivity index (χ0n) is 8.24. The topological polar surface area (TPSA) is 53.6 Å². The van der Waals surface area contributed by atoms with Gasteiger partial charge in [0.2, 0.25) is 0 Å². The molecule has 1 atom stereocenters. The van der Waals surface area contributed by atoms with Gasteiger partial charge in [-0.3, -0.25) is 10.00 Å². The molecule has 1 rings (SSSR count). The van der Waals surface area contributed by atoms with Gasteiger partial charge in [0, 0.05) is 12.2 Å². The van der Waals surface area contributed by atoms with Crippen LogP contribution in [0.3, 0.4) is 0 Å². The van der Waals surface area contributed by atoms with Gasteiger partial charge in [0.25, 0.3) is 0 Å². The largest absolute Gasteiger partial charge is 0.298 e. The number of nitrogens with one attached hydrogen (secondary N) is 1. The molecule has 76 valence electrons. The van der Waals surface area contributed by atoms with E-state index >= 15 is 0 Å². The Balaban J connectivity index is 2.53. The summed E-state index contributed by atoms with van der Waals surface area (Å²) in [5.41, 5.74) is 0. The lowest BCUT2D eigenvalue weighted by atomic mass is 10.3. The zero-order chi connectivity index (χ0) is 10.6. The highest BCUT2D eigenvalue weighted by molar-refractivity contribution is 6.30. The minimum atomic E-state index is -0.231. The van der Waals surface area contributed by atoms with Gasteiger partial charge in [0.05, 0.1) is 23.8 Å². The van der Waals surface area contributed by atoms with Crippen molar-refractivity contribution < 1.29 is 0 Å². The third-order valence-electron chi connectivity index (χ3n) is 1.66. The normalized spacial score (nSPS) is 12.8. The number of hydrogen-bond acceptors (Lipinski definition) is 3. The third kappa shape index (κ3) is 3.36. The lowest BCUT2D eigenvalue weighted by molar-refractivity contribution is 0.456. The Morgan fingerprint density at radius 3 is 2.86 bits per heavy atom. The molecule has 0 spiro atoms. The molecule has 1 aromatic rings. The number of aromatic nitrogens is 2. The predicted octanol–water partition coefficient (Wildman–Crippen LogP) is 1.43. The first kappa shape index (κ1) is 11.0. The molecule has 4 nitrogen and oxygen atoms in total. The van der Waals surface area contributed by atoms with Gasteiger partial charge in [-0.1, -0.05) is 11.6 Å². The van der Waals surface area contributed by atoms with Gasteiger partial charge in [-0.25, -0.2) is 0 Å². The molecule has 1 heterocycles. The summed E-state index contributed by atoms with van der Waals surface area (Å²) in [5.74, 6) is 0. The van der Waals surface area contributed by atoms with Crippen molar-refractivity contribution in [1.29, 1.82) is 5.26 Å². The molecule has 0 radical (unpaired) electrons. The van der Waals surface area contributed by atoms with Gasteiger partial charge in [-0.05, 0) is 13.8 Å². The van der Waals surface area contributed by atoms with Gasteiger partial charge >= 0.3 is 0 Å². The minimum Gasteiger partial charge on any atom is -0.298 e. The van der Waals surface area contributed by atoms with E-state index in [1.165, 1.54) is 0 Å². The summed E-state index contributed by atoms with van der Waals surface area (Å²) in [6, 6.07) is 2.23. The van der Waals surface area contributed by atoms with Crippen LogP contribution in [0.5, 0.6) is 0 Å². The first-order valence-corrected chi connectivity index (χ1v) is 4.83. The molecule has 0 saturated carbocycles. The highest BCUT2D eigenvalue weighted by Gasteiger charge is 2.09. The maximum absolute atomic E-state index is 8.86. The van der Waals surface area contributed by atoms with E-state index in [0.29, 0.717) is 11.6 Å². The number of hydrogen-bond donors (Lipinski definition) is 1. The summed E-state index contributed by atoms with van der Waals surface area (Å²) in [5, 5.41) is 16.6. The van der Waals surface area contributed by atoms with Crippen LogP contribution in [0.25, 0.3) is 0 Å². The van der Waals surface area contributed by atoms with Crippen LogP contribution in [-0.2, 0) is 6.54 Å². The molecule has 0 amide bonds. The number of halogens is 1. The molecule has 1 unspecified atom stereocenters. The monoisotopic (exact) mass is 212 g/mol. The zero-order valence-corrected chi connectivity index (χ0v) is 8.99. The van der Waals surface area contributed by atoms with Crippen molar-refractivity contribution in [3.05, 3.63) is 17.4 Å². The molecule has 0 aliphatic carbocycles. The summed E-state index contributed by atoms with van der Waals surface area (Å²) in [6.45, 7) is 4.52. The number of rotatable bonds is 4. The van der Waals surface area contributed by atoms with Crippen LogP contribution in [0.1, 0.15) is 13.8 Å². The third-order valence-corrected chi connectivity index (χ3v) is 1.86. The van der Waals surface area contributed by atoms with Crippen molar-refractivity contribution >= 4 is 11.6 Å². The lowest BCUT2D eigenvalue weighted by Gasteiger charge is -2.14. The van der Waals surface area contributed by atoms with Crippen molar-refractivity contribution in [3.63, 3.8) is 0 Å². The van der Waals surface area contributed by atoms with Crippen LogP contribution in [0.2, 0.25) is 5.02 Å². The second kappa shape index (κ2) is 4.99. The molecule has 14 heavy (non-hydrogen) atoms. The van der Waals surface area contributed by atoms with E-state index in [1.54, 1.807) is 17.1 Å². The maximum atomic E-state index is 8.86. The standard InChI is InChI=1S/C9H13ClN4/c1-7(2)13-9(3-11)6-14-5-8(10)4-12-14/h4-5,7,9,13H,6H2,1-2H3. The van der Waals surface area contributed by atoms with E-state index in [4.69, 9.17) is 16.9 Å². The van der Waals surface area contributed by atoms with Crippen LogP contribution in [0, 0.1) is 11.3 Å². The van der Waals surface area contributed by atoms with Crippen molar-refractivity contribution in [2.24, 2.45) is 0 Å². The summed E-state index contributed by atoms with van der Waals surface area (Å²) in [6.07, 6.45) is 3.26. The van der Waals surface area contributed by atoms with Crippen molar-refractivity contribution in [2.75, 3.05) is 0 Å². The van der Waals surface area contributed by atoms with Crippen LogP contribution in [0.15, 0.2) is 12.4 Å². The fourth-order valence-electron chi connectivity index (χ4n) is 1.16. The summed E-state index contributed by atoms with van der Waals surface area (Å²) in [7, 11) is 0. The Labute approximate surface area is 88.5 Å². The maximum Gasteiger partial charge on any atom is 0.115 e.